The molecule has 0 spiro atoms. The summed E-state index contributed by atoms with van der Waals surface area (Å²) in [4.78, 5) is 29.3. The lowest BCUT2D eigenvalue weighted by molar-refractivity contribution is -0.144. The van der Waals surface area contributed by atoms with Crippen molar-refractivity contribution in [3.8, 4) is 0 Å². The molecule has 132 valence electrons. The van der Waals surface area contributed by atoms with Crippen LogP contribution in [-0.2, 0) is 4.79 Å². The zero-order valence-corrected chi connectivity index (χ0v) is 14.7. The highest BCUT2D eigenvalue weighted by Crippen LogP contribution is 2.40. The summed E-state index contributed by atoms with van der Waals surface area (Å²) in [5, 5.41) is 17.0. The monoisotopic (exact) mass is 361 g/mol. The number of aliphatic carboxylic acids is 1. The lowest BCUT2D eigenvalue weighted by Crippen LogP contribution is -2.56. The van der Waals surface area contributed by atoms with E-state index < -0.39 is 17.4 Å². The maximum Gasteiger partial charge on any atom is 0.329 e. The first-order valence-electron chi connectivity index (χ1n) is 8.41. The molecule has 8 heteroatoms. The molecule has 0 atom stereocenters. The van der Waals surface area contributed by atoms with E-state index in [1.165, 1.54) is 0 Å². The van der Waals surface area contributed by atoms with Crippen LogP contribution in [0.25, 0.3) is 11.1 Å². The highest BCUT2D eigenvalue weighted by Gasteiger charge is 2.42. The van der Waals surface area contributed by atoms with Crippen LogP contribution in [0.1, 0.15) is 53.3 Å². The van der Waals surface area contributed by atoms with Crippen LogP contribution in [0, 0.1) is 6.92 Å². The third-order valence-corrected chi connectivity index (χ3v) is 5.97. The van der Waals surface area contributed by atoms with E-state index >= 15 is 0 Å². The summed E-state index contributed by atoms with van der Waals surface area (Å²) in [7, 11) is 0. The number of hydrogen-bond donors (Lipinski definition) is 2. The molecule has 0 bridgehead atoms. The van der Waals surface area contributed by atoms with Crippen molar-refractivity contribution in [3.05, 3.63) is 23.0 Å². The zero-order valence-electron chi connectivity index (χ0n) is 13.9. The second-order valence-corrected chi connectivity index (χ2v) is 8.00. The molecule has 1 saturated carbocycles. The van der Waals surface area contributed by atoms with Crippen molar-refractivity contribution in [2.75, 3.05) is 11.5 Å². The third kappa shape index (κ3) is 2.88. The van der Waals surface area contributed by atoms with E-state index in [0.717, 1.165) is 30.0 Å². The minimum Gasteiger partial charge on any atom is -0.480 e. The van der Waals surface area contributed by atoms with Gasteiger partial charge in [0.05, 0.1) is 16.6 Å². The van der Waals surface area contributed by atoms with Gasteiger partial charge in [-0.05, 0) is 50.2 Å². The Morgan fingerprint density at radius 1 is 1.36 bits per heavy atom. The highest BCUT2D eigenvalue weighted by molar-refractivity contribution is 7.99. The molecular weight excluding hydrogens is 342 g/mol. The topological polar surface area (TPSA) is 105 Å². The number of rotatable bonds is 4. The number of nitrogens with zero attached hydrogens (tertiary/aromatic N) is 2. The summed E-state index contributed by atoms with van der Waals surface area (Å²) >= 11 is 1.71. The highest BCUT2D eigenvalue weighted by atomic mass is 32.2. The molecule has 0 radical (unpaired) electrons. The van der Waals surface area contributed by atoms with Gasteiger partial charge in [-0.2, -0.15) is 11.8 Å². The van der Waals surface area contributed by atoms with Gasteiger partial charge in [0.1, 0.15) is 5.54 Å². The first-order chi connectivity index (χ1) is 12.0. The van der Waals surface area contributed by atoms with Crippen LogP contribution in [0.15, 0.2) is 10.6 Å². The molecule has 25 heavy (non-hydrogen) atoms. The Hall–Kier alpha value is -2.09. The largest absolute Gasteiger partial charge is 0.480 e. The molecule has 3 heterocycles. The number of carboxylic acids is 1. The van der Waals surface area contributed by atoms with Crippen LogP contribution in [0.3, 0.4) is 0 Å². The van der Waals surface area contributed by atoms with Crippen LogP contribution in [0.5, 0.6) is 0 Å². The number of hydrogen-bond acceptors (Lipinski definition) is 6. The number of carbonyl (C=O) groups is 2. The number of aryl methyl sites for hydroxylation is 1. The third-order valence-electron chi connectivity index (χ3n) is 4.99. The molecule has 0 aromatic carbocycles. The van der Waals surface area contributed by atoms with Crippen molar-refractivity contribution in [1.82, 2.24) is 15.5 Å². The summed E-state index contributed by atoms with van der Waals surface area (Å²) in [6, 6.07) is 1.77. The molecule has 1 aliphatic heterocycles. The van der Waals surface area contributed by atoms with Crippen molar-refractivity contribution in [2.24, 2.45) is 0 Å². The summed E-state index contributed by atoms with van der Waals surface area (Å²) in [6.07, 6.45) is 2.93. The number of amides is 1. The standard InChI is InChI=1S/C17H19N3O4S/c1-9-13-11(8-12(10-2-3-10)18-15(13)24-20-9)14(21)19-17(16(22)23)4-6-25-7-5-17/h8,10H,2-7H2,1H3,(H,19,21)(H,22,23). The summed E-state index contributed by atoms with van der Waals surface area (Å²) in [5.41, 5.74) is 0.944. The number of carbonyl (C=O) groups excluding carboxylic acids is 1. The van der Waals surface area contributed by atoms with Gasteiger partial charge in [-0.3, -0.25) is 4.79 Å². The molecule has 0 unspecified atom stereocenters. The van der Waals surface area contributed by atoms with E-state index in [1.54, 1.807) is 24.8 Å². The van der Waals surface area contributed by atoms with Crippen molar-refractivity contribution < 1.29 is 19.2 Å². The van der Waals surface area contributed by atoms with E-state index in [1.807, 2.05) is 0 Å². The summed E-state index contributed by atoms with van der Waals surface area (Å²) in [6.45, 7) is 1.76. The average Bonchev–Trinajstić information content (AvgIpc) is 3.39. The Balaban J connectivity index is 1.73. The molecule has 2 aliphatic rings. The fourth-order valence-electron chi connectivity index (χ4n) is 3.28. The lowest BCUT2D eigenvalue weighted by Gasteiger charge is -2.33. The molecule has 4 rings (SSSR count). The minimum absolute atomic E-state index is 0.343. The van der Waals surface area contributed by atoms with Crippen molar-refractivity contribution in [1.29, 1.82) is 0 Å². The van der Waals surface area contributed by atoms with Gasteiger partial charge < -0.3 is 14.9 Å². The number of pyridine rings is 1. The molecule has 1 amide bonds. The van der Waals surface area contributed by atoms with E-state index in [0.29, 0.717) is 41.1 Å². The number of nitrogens with one attached hydrogen (secondary N) is 1. The van der Waals surface area contributed by atoms with Crippen molar-refractivity contribution in [3.63, 3.8) is 0 Å². The molecule has 2 fully saturated rings. The zero-order chi connectivity index (χ0) is 17.6. The maximum absolute atomic E-state index is 13.0. The van der Waals surface area contributed by atoms with Crippen molar-refractivity contribution >= 4 is 34.7 Å². The quantitative estimate of drug-likeness (QED) is 0.862. The van der Waals surface area contributed by atoms with E-state index in [2.05, 4.69) is 15.5 Å². The van der Waals surface area contributed by atoms with Gasteiger partial charge in [-0.1, -0.05) is 5.16 Å². The van der Waals surface area contributed by atoms with E-state index in [-0.39, 0.29) is 0 Å². The summed E-state index contributed by atoms with van der Waals surface area (Å²) < 4.78 is 5.26. The number of aromatic nitrogens is 2. The van der Waals surface area contributed by atoms with Gasteiger partial charge in [0.15, 0.2) is 0 Å². The predicted octanol–water partition coefficient (Wildman–Crippen LogP) is 2.49. The number of thioether (sulfide) groups is 1. The number of carboxylic acid groups (broad SMARTS) is 1. The Bertz CT molecular complexity index is 853. The molecule has 7 nitrogen and oxygen atoms in total. The van der Waals surface area contributed by atoms with Crippen molar-refractivity contribution in [2.45, 2.75) is 44.1 Å². The fraction of sp³-hybridized carbons (Fsp3) is 0.529. The van der Waals surface area contributed by atoms with Crippen LogP contribution < -0.4 is 5.32 Å². The van der Waals surface area contributed by atoms with Gasteiger partial charge in [0.25, 0.3) is 11.6 Å². The van der Waals surface area contributed by atoms with Gasteiger partial charge >= 0.3 is 5.97 Å². The van der Waals surface area contributed by atoms with Crippen LogP contribution in [0.4, 0.5) is 0 Å². The molecule has 2 N–H and O–H groups in total. The molecule has 2 aromatic heterocycles. The normalized spacial score (nSPS) is 19.7. The Kier molecular flexibility index (Phi) is 3.94. The first-order valence-corrected chi connectivity index (χ1v) is 9.56. The van der Waals surface area contributed by atoms with Crippen LogP contribution >= 0.6 is 11.8 Å². The molecule has 1 saturated heterocycles. The number of fused-ring (bicyclic) bond motifs is 1. The first kappa shape index (κ1) is 16.4. The fourth-order valence-corrected chi connectivity index (χ4v) is 4.47. The van der Waals surface area contributed by atoms with Gasteiger partial charge in [0, 0.05) is 11.6 Å². The summed E-state index contributed by atoms with van der Waals surface area (Å²) in [5.74, 6) is 0.419. The van der Waals surface area contributed by atoms with Gasteiger partial charge in [-0.15, -0.1) is 0 Å². The Labute approximate surface area is 148 Å². The molecule has 2 aromatic rings. The SMILES string of the molecule is Cc1noc2nc(C3CC3)cc(C(=O)NC3(C(=O)O)CCSCC3)c12. The van der Waals surface area contributed by atoms with Crippen LogP contribution in [-0.4, -0.2) is 44.2 Å². The van der Waals surface area contributed by atoms with E-state index in [4.69, 9.17) is 4.52 Å². The Morgan fingerprint density at radius 3 is 2.72 bits per heavy atom. The minimum atomic E-state index is -1.21. The van der Waals surface area contributed by atoms with Gasteiger partial charge in [0.2, 0.25) is 0 Å². The lowest BCUT2D eigenvalue weighted by atomic mass is 9.91. The predicted molar refractivity (Wildman–Crippen MR) is 92.9 cm³/mol. The maximum atomic E-state index is 13.0. The smallest absolute Gasteiger partial charge is 0.329 e. The average molecular weight is 361 g/mol. The Morgan fingerprint density at radius 2 is 2.08 bits per heavy atom. The van der Waals surface area contributed by atoms with Crippen LogP contribution in [0.2, 0.25) is 0 Å². The van der Waals surface area contributed by atoms with Gasteiger partial charge in [-0.25, -0.2) is 9.78 Å². The second-order valence-electron chi connectivity index (χ2n) is 6.77. The second kappa shape index (κ2) is 6.01. The molecular formula is C17H19N3O4S. The van der Waals surface area contributed by atoms with E-state index in [9.17, 15) is 14.7 Å². The molecule has 1 aliphatic carbocycles.